The van der Waals surface area contributed by atoms with Crippen LogP contribution >= 0.6 is 12.2 Å². The van der Waals surface area contributed by atoms with E-state index < -0.39 is 0 Å². The zero-order valence-corrected chi connectivity index (χ0v) is 16.7. The number of ether oxygens (including phenoxy) is 1. The fourth-order valence-corrected chi connectivity index (χ4v) is 4.14. The van der Waals surface area contributed by atoms with Crippen LogP contribution in [0.5, 0.6) is 0 Å². The summed E-state index contributed by atoms with van der Waals surface area (Å²) in [7, 11) is 1.73. The highest BCUT2D eigenvalue weighted by atomic mass is 32.1. The molecule has 5 nitrogen and oxygen atoms in total. The minimum Gasteiger partial charge on any atom is -0.385 e. The van der Waals surface area contributed by atoms with Crippen molar-refractivity contribution < 1.29 is 4.74 Å². The molecule has 3 aromatic rings. The van der Waals surface area contributed by atoms with Crippen LogP contribution in [0.1, 0.15) is 29.9 Å². The molecule has 1 N–H and O–H groups in total. The number of rotatable bonds is 7. The van der Waals surface area contributed by atoms with Gasteiger partial charge < -0.3 is 19.5 Å². The second kappa shape index (κ2) is 8.54. The van der Waals surface area contributed by atoms with E-state index >= 15 is 0 Å². The highest BCUT2D eigenvalue weighted by Crippen LogP contribution is 2.39. The number of hydrogen-bond acceptors (Lipinski definition) is 3. The molecular formula is C22H24N4OS. The molecule has 0 radical (unpaired) electrons. The van der Waals surface area contributed by atoms with Crippen LogP contribution < -0.4 is 5.32 Å². The first-order valence-corrected chi connectivity index (χ1v) is 9.90. The average Bonchev–Trinajstić information content (AvgIpc) is 3.34. The lowest BCUT2D eigenvalue weighted by atomic mass is 10.0. The Morgan fingerprint density at radius 3 is 2.64 bits per heavy atom. The summed E-state index contributed by atoms with van der Waals surface area (Å²) in [5.41, 5.74) is 3.31. The first kappa shape index (κ1) is 18.7. The number of nitrogens with one attached hydrogen (secondary N) is 1. The van der Waals surface area contributed by atoms with Crippen molar-refractivity contribution in [2.45, 2.75) is 18.5 Å². The summed E-state index contributed by atoms with van der Waals surface area (Å²) < 4.78 is 7.50. The Balaban J connectivity index is 1.75. The van der Waals surface area contributed by atoms with Crippen molar-refractivity contribution in [1.29, 1.82) is 0 Å². The van der Waals surface area contributed by atoms with E-state index in [4.69, 9.17) is 17.0 Å². The number of para-hydroxylation sites is 1. The van der Waals surface area contributed by atoms with Gasteiger partial charge in [0.2, 0.25) is 0 Å². The van der Waals surface area contributed by atoms with Gasteiger partial charge in [-0.1, -0.05) is 24.3 Å². The Kier molecular flexibility index (Phi) is 5.69. The zero-order valence-electron chi connectivity index (χ0n) is 15.9. The molecular weight excluding hydrogens is 368 g/mol. The molecule has 0 unspecified atom stereocenters. The van der Waals surface area contributed by atoms with Crippen LogP contribution in [0.2, 0.25) is 0 Å². The van der Waals surface area contributed by atoms with Gasteiger partial charge in [0.15, 0.2) is 5.11 Å². The van der Waals surface area contributed by atoms with E-state index in [1.165, 1.54) is 5.69 Å². The van der Waals surface area contributed by atoms with E-state index in [0.29, 0.717) is 6.61 Å². The fourth-order valence-electron chi connectivity index (χ4n) is 3.81. The van der Waals surface area contributed by atoms with E-state index in [2.05, 4.69) is 68.4 Å². The van der Waals surface area contributed by atoms with Crippen LogP contribution in [-0.2, 0) is 4.74 Å². The van der Waals surface area contributed by atoms with Gasteiger partial charge in [-0.15, -0.1) is 0 Å². The van der Waals surface area contributed by atoms with Crippen molar-refractivity contribution in [3.63, 3.8) is 0 Å². The van der Waals surface area contributed by atoms with Crippen LogP contribution in [0.4, 0.5) is 0 Å². The summed E-state index contributed by atoms with van der Waals surface area (Å²) in [6.07, 6.45) is 4.85. The molecule has 2 atom stereocenters. The Labute approximate surface area is 171 Å². The standard InChI is InChI=1S/C22H24N4OS/c1-27-16-8-15-26-21(20(24-22(26)28)18-11-5-6-13-23-18)19-12-7-14-25(19)17-9-3-2-4-10-17/h2-7,9-14,20-21H,8,15-16H2,1H3,(H,24,28)/t20-,21+/m0/s1. The van der Waals surface area contributed by atoms with E-state index in [9.17, 15) is 0 Å². The Morgan fingerprint density at radius 2 is 1.89 bits per heavy atom. The summed E-state index contributed by atoms with van der Waals surface area (Å²) in [4.78, 5) is 6.87. The molecule has 144 valence electrons. The van der Waals surface area contributed by atoms with Crippen molar-refractivity contribution in [3.8, 4) is 5.69 Å². The molecule has 1 aromatic carbocycles. The molecule has 6 heteroatoms. The third kappa shape index (κ3) is 3.66. The summed E-state index contributed by atoms with van der Waals surface area (Å²) in [6.45, 7) is 1.54. The van der Waals surface area contributed by atoms with Crippen LogP contribution in [0.15, 0.2) is 73.1 Å². The lowest BCUT2D eigenvalue weighted by molar-refractivity contribution is 0.180. The lowest BCUT2D eigenvalue weighted by Crippen LogP contribution is -2.32. The molecule has 28 heavy (non-hydrogen) atoms. The minimum atomic E-state index is -0.00592. The predicted octanol–water partition coefficient (Wildman–Crippen LogP) is 3.88. The molecule has 0 aliphatic carbocycles. The second-order valence-electron chi connectivity index (χ2n) is 6.80. The van der Waals surface area contributed by atoms with Gasteiger partial charge in [0.25, 0.3) is 0 Å². The molecule has 1 fully saturated rings. The molecule has 1 aliphatic rings. The number of aromatic nitrogens is 2. The predicted molar refractivity (Wildman–Crippen MR) is 114 cm³/mol. The molecule has 1 saturated heterocycles. The number of benzene rings is 1. The highest BCUT2D eigenvalue weighted by Gasteiger charge is 2.40. The van der Waals surface area contributed by atoms with Crippen molar-refractivity contribution >= 4 is 17.3 Å². The molecule has 0 bridgehead atoms. The second-order valence-corrected chi connectivity index (χ2v) is 7.19. The molecule has 0 amide bonds. The smallest absolute Gasteiger partial charge is 0.170 e. The summed E-state index contributed by atoms with van der Waals surface area (Å²) >= 11 is 5.72. The Hall–Kier alpha value is -2.70. The number of hydrogen-bond donors (Lipinski definition) is 1. The maximum absolute atomic E-state index is 5.72. The van der Waals surface area contributed by atoms with E-state index in [1.807, 2.05) is 24.4 Å². The molecule has 0 saturated carbocycles. The van der Waals surface area contributed by atoms with Crippen LogP contribution in [-0.4, -0.2) is 39.8 Å². The average molecular weight is 393 g/mol. The minimum absolute atomic E-state index is 0.00592. The Morgan fingerprint density at radius 1 is 1.07 bits per heavy atom. The van der Waals surface area contributed by atoms with Gasteiger partial charge in [-0.05, 0) is 55.0 Å². The first-order chi connectivity index (χ1) is 13.8. The number of thiocarbonyl (C=S) groups is 1. The zero-order chi connectivity index (χ0) is 19.3. The number of nitrogens with zero attached hydrogens (tertiary/aromatic N) is 3. The summed E-state index contributed by atoms with van der Waals surface area (Å²) in [5.74, 6) is 0. The quantitative estimate of drug-likeness (QED) is 0.488. The highest BCUT2D eigenvalue weighted by molar-refractivity contribution is 7.80. The van der Waals surface area contributed by atoms with Crippen molar-refractivity contribution in [2.75, 3.05) is 20.3 Å². The normalized spacial score (nSPS) is 19.0. The maximum Gasteiger partial charge on any atom is 0.170 e. The van der Waals surface area contributed by atoms with Gasteiger partial charge in [0, 0.05) is 44.0 Å². The third-order valence-electron chi connectivity index (χ3n) is 5.06. The number of methoxy groups -OCH3 is 1. The summed E-state index contributed by atoms with van der Waals surface area (Å²) in [6, 6.07) is 20.7. The largest absolute Gasteiger partial charge is 0.385 e. The van der Waals surface area contributed by atoms with Crippen LogP contribution in [0.3, 0.4) is 0 Å². The van der Waals surface area contributed by atoms with Crippen molar-refractivity contribution in [3.05, 3.63) is 84.4 Å². The molecule has 4 rings (SSSR count). The van der Waals surface area contributed by atoms with E-state index in [0.717, 1.165) is 29.5 Å². The molecule has 3 heterocycles. The van der Waals surface area contributed by atoms with Gasteiger partial charge in [0.05, 0.1) is 17.8 Å². The van der Waals surface area contributed by atoms with E-state index in [1.54, 1.807) is 7.11 Å². The third-order valence-corrected chi connectivity index (χ3v) is 5.42. The summed E-state index contributed by atoms with van der Waals surface area (Å²) in [5, 5.41) is 4.27. The maximum atomic E-state index is 5.72. The SMILES string of the molecule is COCCCN1C(=S)N[C@@H](c2ccccn2)[C@H]1c1cccn1-c1ccccc1. The topological polar surface area (TPSA) is 42.3 Å². The number of pyridine rings is 1. The van der Waals surface area contributed by atoms with Crippen LogP contribution in [0.25, 0.3) is 5.69 Å². The molecule has 2 aromatic heterocycles. The van der Waals surface area contributed by atoms with Crippen molar-refractivity contribution in [2.24, 2.45) is 0 Å². The fraction of sp³-hybridized carbons (Fsp3) is 0.273. The van der Waals surface area contributed by atoms with Crippen LogP contribution in [0, 0.1) is 0 Å². The first-order valence-electron chi connectivity index (χ1n) is 9.49. The Bertz CT molecular complexity index is 913. The van der Waals surface area contributed by atoms with Gasteiger partial charge in [-0.2, -0.15) is 0 Å². The van der Waals surface area contributed by atoms with Gasteiger partial charge >= 0.3 is 0 Å². The lowest BCUT2D eigenvalue weighted by Gasteiger charge is -2.29. The molecule has 1 aliphatic heterocycles. The van der Waals surface area contributed by atoms with Gasteiger partial charge in [0.1, 0.15) is 0 Å². The van der Waals surface area contributed by atoms with E-state index in [-0.39, 0.29) is 12.1 Å². The van der Waals surface area contributed by atoms with Gasteiger partial charge in [-0.25, -0.2) is 0 Å². The monoisotopic (exact) mass is 392 g/mol. The molecule has 0 spiro atoms. The van der Waals surface area contributed by atoms with Gasteiger partial charge in [-0.3, -0.25) is 4.98 Å². The van der Waals surface area contributed by atoms with Crippen molar-refractivity contribution in [1.82, 2.24) is 19.8 Å².